The van der Waals surface area contributed by atoms with Crippen LogP contribution in [0, 0.1) is 0 Å². The van der Waals surface area contributed by atoms with Crippen molar-refractivity contribution >= 4 is 5.96 Å². The number of nitrogens with zero attached hydrogens (tertiary/aromatic N) is 3. The van der Waals surface area contributed by atoms with E-state index >= 15 is 0 Å². The van der Waals surface area contributed by atoms with Crippen LogP contribution in [0.15, 0.2) is 46.1 Å². The van der Waals surface area contributed by atoms with Crippen molar-refractivity contribution < 1.29 is 9.15 Å². The van der Waals surface area contributed by atoms with Gasteiger partial charge in [-0.3, -0.25) is 9.89 Å². The number of hydrogen-bond donors (Lipinski definition) is 2. The Morgan fingerprint density at radius 3 is 2.82 bits per heavy atom. The van der Waals surface area contributed by atoms with Gasteiger partial charge in [0.25, 0.3) is 0 Å². The summed E-state index contributed by atoms with van der Waals surface area (Å²) in [5.74, 6) is 2.41. The predicted molar refractivity (Wildman–Crippen MR) is 110 cm³/mol. The second kappa shape index (κ2) is 10.7. The third kappa shape index (κ3) is 5.48. The molecule has 2 aromatic heterocycles. The van der Waals surface area contributed by atoms with E-state index < -0.39 is 0 Å². The highest BCUT2D eigenvalue weighted by Crippen LogP contribution is 2.24. The van der Waals surface area contributed by atoms with Crippen molar-refractivity contribution in [1.29, 1.82) is 0 Å². The van der Waals surface area contributed by atoms with E-state index in [1.807, 2.05) is 25.1 Å². The van der Waals surface area contributed by atoms with Crippen molar-refractivity contribution in [1.82, 2.24) is 20.5 Å². The molecule has 0 spiro atoms. The fraction of sp³-hybridized carbons (Fsp3) is 0.524. The number of aromatic nitrogens is 1. The van der Waals surface area contributed by atoms with Gasteiger partial charge >= 0.3 is 0 Å². The highest BCUT2D eigenvalue weighted by Gasteiger charge is 2.24. The van der Waals surface area contributed by atoms with Gasteiger partial charge in [0.15, 0.2) is 5.96 Å². The predicted octanol–water partition coefficient (Wildman–Crippen LogP) is 2.97. The Morgan fingerprint density at radius 2 is 2.11 bits per heavy atom. The number of aliphatic imine (C=N–C) groups is 1. The maximum atomic E-state index is 5.72. The maximum absolute atomic E-state index is 5.72. The fourth-order valence-electron chi connectivity index (χ4n) is 3.54. The summed E-state index contributed by atoms with van der Waals surface area (Å²) in [5.41, 5.74) is 1.01. The van der Waals surface area contributed by atoms with Gasteiger partial charge in [-0.25, -0.2) is 4.98 Å². The molecule has 3 heterocycles. The molecule has 152 valence electrons. The smallest absolute Gasteiger partial charge is 0.218 e. The molecule has 0 aromatic carbocycles. The van der Waals surface area contributed by atoms with Gasteiger partial charge in [-0.15, -0.1) is 0 Å². The molecule has 0 amide bonds. The van der Waals surface area contributed by atoms with Crippen LogP contribution in [0.4, 0.5) is 0 Å². The molecule has 7 nitrogen and oxygen atoms in total. The molecule has 0 bridgehead atoms. The zero-order valence-electron chi connectivity index (χ0n) is 16.9. The molecule has 1 atom stereocenters. The minimum Gasteiger partial charge on any atom is -0.478 e. The van der Waals surface area contributed by atoms with Gasteiger partial charge in [-0.1, -0.05) is 12.5 Å². The van der Waals surface area contributed by atoms with Crippen LogP contribution < -0.4 is 15.4 Å². The third-order valence-corrected chi connectivity index (χ3v) is 4.97. The summed E-state index contributed by atoms with van der Waals surface area (Å²) < 4.78 is 11.3. The van der Waals surface area contributed by atoms with Crippen LogP contribution in [0.3, 0.4) is 0 Å². The summed E-state index contributed by atoms with van der Waals surface area (Å²) in [5, 5.41) is 6.81. The molecular weight excluding hydrogens is 354 g/mol. The van der Waals surface area contributed by atoms with Crippen molar-refractivity contribution in [2.24, 2.45) is 4.99 Å². The molecule has 28 heavy (non-hydrogen) atoms. The molecule has 1 fully saturated rings. The third-order valence-electron chi connectivity index (χ3n) is 4.97. The summed E-state index contributed by atoms with van der Waals surface area (Å²) in [7, 11) is 1.78. The molecule has 1 unspecified atom stereocenters. The minimum atomic E-state index is 0.200. The first-order chi connectivity index (χ1) is 13.8. The summed E-state index contributed by atoms with van der Waals surface area (Å²) in [4.78, 5) is 11.2. The fourth-order valence-corrected chi connectivity index (χ4v) is 3.54. The van der Waals surface area contributed by atoms with E-state index in [1.165, 1.54) is 19.3 Å². The first-order valence-corrected chi connectivity index (χ1v) is 10.1. The van der Waals surface area contributed by atoms with Crippen LogP contribution in [0.2, 0.25) is 0 Å². The number of nitrogens with one attached hydrogen (secondary N) is 2. The standard InChI is InChI=1S/C21H31N5O2/c1-3-27-20-17(9-7-11-23-20)15-24-21(22-2)25-16-18(19-10-8-14-28-19)26-12-5-4-6-13-26/h7-11,14,18H,3-6,12-13,15-16H2,1-2H3,(H2,22,24,25). The zero-order chi connectivity index (χ0) is 19.6. The molecule has 1 aliphatic heterocycles. The van der Waals surface area contributed by atoms with Crippen LogP contribution in [0.25, 0.3) is 0 Å². The number of hydrogen-bond acceptors (Lipinski definition) is 5. The van der Waals surface area contributed by atoms with Crippen molar-refractivity contribution in [3.8, 4) is 5.88 Å². The molecule has 7 heteroatoms. The second-order valence-corrected chi connectivity index (χ2v) is 6.84. The van der Waals surface area contributed by atoms with Crippen molar-refractivity contribution in [2.75, 3.05) is 33.3 Å². The number of piperidine rings is 1. The van der Waals surface area contributed by atoms with E-state index in [4.69, 9.17) is 9.15 Å². The summed E-state index contributed by atoms with van der Waals surface area (Å²) in [6.45, 7) is 6.09. The Morgan fingerprint density at radius 1 is 1.25 bits per heavy atom. The van der Waals surface area contributed by atoms with Crippen LogP contribution in [-0.4, -0.2) is 49.1 Å². The molecule has 1 saturated heterocycles. The van der Waals surface area contributed by atoms with Gasteiger partial charge in [0.05, 0.1) is 18.9 Å². The molecule has 0 aliphatic carbocycles. The van der Waals surface area contributed by atoms with E-state index in [-0.39, 0.29) is 6.04 Å². The number of rotatable bonds is 8. The van der Waals surface area contributed by atoms with Crippen molar-refractivity contribution in [2.45, 2.75) is 38.8 Å². The van der Waals surface area contributed by atoms with Gasteiger partial charge in [-0.2, -0.15) is 0 Å². The van der Waals surface area contributed by atoms with Crippen LogP contribution in [-0.2, 0) is 6.54 Å². The Labute approximate surface area is 167 Å². The topological polar surface area (TPSA) is 74.9 Å². The molecule has 0 radical (unpaired) electrons. The second-order valence-electron chi connectivity index (χ2n) is 6.84. The molecule has 3 rings (SSSR count). The number of likely N-dealkylation sites (tertiary alicyclic amines) is 1. The lowest BCUT2D eigenvalue weighted by atomic mass is 10.1. The Kier molecular flexibility index (Phi) is 7.72. The van der Waals surface area contributed by atoms with E-state index in [2.05, 4.69) is 31.6 Å². The SMILES string of the molecule is CCOc1ncccc1CNC(=NC)NCC(c1ccco1)N1CCCCC1. The summed E-state index contributed by atoms with van der Waals surface area (Å²) in [6.07, 6.45) is 7.28. The number of pyridine rings is 1. The van der Waals surface area contributed by atoms with Crippen molar-refractivity contribution in [3.63, 3.8) is 0 Å². The largest absolute Gasteiger partial charge is 0.478 e. The quantitative estimate of drug-likeness (QED) is 0.538. The summed E-state index contributed by atoms with van der Waals surface area (Å²) in [6, 6.07) is 8.14. The highest BCUT2D eigenvalue weighted by molar-refractivity contribution is 5.79. The average molecular weight is 386 g/mol. The lowest BCUT2D eigenvalue weighted by Gasteiger charge is -2.33. The molecule has 0 saturated carbocycles. The normalized spacial score (nSPS) is 16.6. The minimum absolute atomic E-state index is 0.200. The van der Waals surface area contributed by atoms with Crippen LogP contribution in [0.5, 0.6) is 5.88 Å². The van der Waals surface area contributed by atoms with Crippen LogP contribution in [0.1, 0.15) is 43.6 Å². The number of ether oxygens (including phenoxy) is 1. The van der Waals surface area contributed by atoms with Gasteiger partial charge in [0.2, 0.25) is 5.88 Å². The van der Waals surface area contributed by atoms with E-state index in [9.17, 15) is 0 Å². The lowest BCUT2D eigenvalue weighted by Crippen LogP contribution is -2.44. The number of guanidine groups is 1. The number of furan rings is 1. The molecule has 2 aromatic rings. The van der Waals surface area contributed by atoms with E-state index in [0.717, 1.165) is 36.9 Å². The molecular formula is C21H31N5O2. The zero-order valence-corrected chi connectivity index (χ0v) is 16.9. The Balaban J connectivity index is 1.59. The van der Waals surface area contributed by atoms with Gasteiger partial charge < -0.3 is 19.8 Å². The first kappa shape index (κ1) is 20.2. The van der Waals surface area contributed by atoms with Crippen molar-refractivity contribution in [3.05, 3.63) is 48.0 Å². The average Bonchev–Trinajstić information content (AvgIpc) is 3.27. The monoisotopic (exact) mass is 385 g/mol. The molecule has 1 aliphatic rings. The maximum Gasteiger partial charge on any atom is 0.218 e. The van der Waals surface area contributed by atoms with Gasteiger partial charge in [-0.05, 0) is 51.1 Å². The summed E-state index contributed by atoms with van der Waals surface area (Å²) >= 11 is 0. The van der Waals surface area contributed by atoms with Gasteiger partial charge in [0.1, 0.15) is 5.76 Å². The lowest BCUT2D eigenvalue weighted by molar-refractivity contribution is 0.146. The van der Waals surface area contributed by atoms with Crippen LogP contribution >= 0.6 is 0 Å². The Hall–Kier alpha value is -2.54. The highest BCUT2D eigenvalue weighted by atomic mass is 16.5. The first-order valence-electron chi connectivity index (χ1n) is 10.1. The van der Waals surface area contributed by atoms with E-state index in [1.54, 1.807) is 19.5 Å². The van der Waals surface area contributed by atoms with E-state index in [0.29, 0.717) is 19.0 Å². The van der Waals surface area contributed by atoms with Gasteiger partial charge in [0, 0.05) is 31.9 Å². The molecule has 2 N–H and O–H groups in total. The Bertz CT molecular complexity index is 726.